The van der Waals surface area contributed by atoms with Crippen LogP contribution in [0.15, 0.2) is 72.8 Å². The van der Waals surface area contributed by atoms with E-state index in [9.17, 15) is 14.0 Å². The van der Waals surface area contributed by atoms with Gasteiger partial charge in [0.2, 0.25) is 0 Å². The van der Waals surface area contributed by atoms with Crippen molar-refractivity contribution in [2.75, 3.05) is 18.4 Å². The van der Waals surface area contributed by atoms with Gasteiger partial charge in [0.15, 0.2) is 0 Å². The maximum Gasteiger partial charge on any atom is 0.321 e. The van der Waals surface area contributed by atoms with Gasteiger partial charge < -0.3 is 15.5 Å². The Bertz CT molecular complexity index is 1150. The number of anilines is 1. The van der Waals surface area contributed by atoms with Crippen LogP contribution in [0.5, 0.6) is 0 Å². The maximum atomic E-state index is 13.8. The number of nitrogens with one attached hydrogen (secondary N) is 2. The smallest absolute Gasteiger partial charge is 0.321 e. The van der Waals surface area contributed by atoms with Crippen molar-refractivity contribution in [1.29, 1.82) is 0 Å². The highest BCUT2D eigenvalue weighted by Gasteiger charge is 2.25. The van der Waals surface area contributed by atoms with E-state index in [1.807, 2.05) is 47.4 Å². The fraction of sp³-hybridized carbons (Fsp3) is 0.286. The summed E-state index contributed by atoms with van der Waals surface area (Å²) in [7, 11) is 0. The molecule has 6 heteroatoms. The Hall–Kier alpha value is -3.67. The summed E-state index contributed by atoms with van der Waals surface area (Å²) in [5.74, 6) is -0.425. The number of hydrogen-bond donors (Lipinski definition) is 2. The number of piperidine rings is 1. The topological polar surface area (TPSA) is 61.4 Å². The van der Waals surface area contributed by atoms with E-state index in [0.29, 0.717) is 24.2 Å². The molecule has 0 aliphatic carbocycles. The monoisotopic (exact) mass is 459 g/mol. The highest BCUT2D eigenvalue weighted by molar-refractivity contribution is 5.94. The van der Waals surface area contributed by atoms with Gasteiger partial charge in [0.1, 0.15) is 5.82 Å². The molecule has 0 spiro atoms. The zero-order valence-electron chi connectivity index (χ0n) is 19.4. The molecule has 34 heavy (non-hydrogen) atoms. The van der Waals surface area contributed by atoms with Crippen LogP contribution in [0.2, 0.25) is 0 Å². The third kappa shape index (κ3) is 5.81. The van der Waals surface area contributed by atoms with Gasteiger partial charge in [-0.2, -0.15) is 0 Å². The molecule has 176 valence electrons. The van der Waals surface area contributed by atoms with Crippen molar-refractivity contribution in [2.45, 2.75) is 38.6 Å². The van der Waals surface area contributed by atoms with Crippen LogP contribution in [0, 0.1) is 5.82 Å². The third-order valence-corrected chi connectivity index (χ3v) is 6.34. The van der Waals surface area contributed by atoms with Gasteiger partial charge in [-0.1, -0.05) is 49.4 Å². The molecule has 0 saturated carbocycles. The molecular weight excluding hydrogens is 429 g/mol. The Morgan fingerprint density at radius 2 is 1.82 bits per heavy atom. The summed E-state index contributed by atoms with van der Waals surface area (Å²) >= 11 is 0. The number of nitrogens with zero attached hydrogens (tertiary/aromatic N) is 1. The molecule has 1 saturated heterocycles. The molecule has 3 aromatic carbocycles. The Balaban J connectivity index is 1.37. The average molecular weight is 460 g/mol. The van der Waals surface area contributed by atoms with Crippen molar-refractivity contribution >= 4 is 17.6 Å². The number of amides is 3. The van der Waals surface area contributed by atoms with E-state index in [1.54, 1.807) is 24.3 Å². The lowest BCUT2D eigenvalue weighted by Gasteiger charge is -2.33. The first-order chi connectivity index (χ1) is 16.5. The first kappa shape index (κ1) is 23.5. The fourth-order valence-electron chi connectivity index (χ4n) is 4.31. The number of carbonyl (C=O) groups is 2. The predicted octanol–water partition coefficient (Wildman–Crippen LogP) is 5.73. The van der Waals surface area contributed by atoms with E-state index in [0.717, 1.165) is 30.5 Å². The first-order valence-electron chi connectivity index (χ1n) is 11.8. The lowest BCUT2D eigenvalue weighted by molar-refractivity contribution is 0.0950. The standard InChI is InChI=1S/C28H30FN3O2/c1-2-20-12-14-25(15-13-20)31-28(34)32-16-6-10-24(19-32)21-8-5-9-22(17-21)27(33)30-18-23-7-3-4-11-26(23)29/h3-5,7-9,11-15,17,24H,2,6,10,16,18-19H2,1H3,(H,30,33)(H,31,34)/t24-/m1/s1. The number of hydrogen-bond acceptors (Lipinski definition) is 2. The van der Waals surface area contributed by atoms with Crippen LogP contribution >= 0.6 is 0 Å². The van der Waals surface area contributed by atoms with Gasteiger partial charge in [0.05, 0.1) is 0 Å². The average Bonchev–Trinajstić information content (AvgIpc) is 2.88. The molecule has 2 N–H and O–H groups in total. The lowest BCUT2D eigenvalue weighted by atomic mass is 9.89. The number of rotatable bonds is 6. The van der Waals surface area contributed by atoms with Crippen LogP contribution in [0.3, 0.4) is 0 Å². The summed E-state index contributed by atoms with van der Waals surface area (Å²) in [6, 6.07) is 21.7. The largest absolute Gasteiger partial charge is 0.348 e. The van der Waals surface area contributed by atoms with E-state index in [4.69, 9.17) is 0 Å². The van der Waals surface area contributed by atoms with Gasteiger partial charge in [-0.25, -0.2) is 9.18 Å². The molecule has 1 atom stereocenters. The Labute approximate surface area is 200 Å². The summed E-state index contributed by atoms with van der Waals surface area (Å²) in [5, 5.41) is 5.79. The fourth-order valence-corrected chi connectivity index (χ4v) is 4.31. The normalized spacial score (nSPS) is 15.6. The summed E-state index contributed by atoms with van der Waals surface area (Å²) < 4.78 is 13.8. The predicted molar refractivity (Wildman–Crippen MR) is 132 cm³/mol. The van der Waals surface area contributed by atoms with Gasteiger partial charge in [-0.05, 0) is 60.7 Å². The number of aryl methyl sites for hydroxylation is 1. The number of halogens is 1. The molecule has 4 rings (SSSR count). The van der Waals surface area contributed by atoms with Crippen LogP contribution in [0.4, 0.5) is 14.9 Å². The summed E-state index contributed by atoms with van der Waals surface area (Å²) in [6.45, 7) is 3.53. The maximum absolute atomic E-state index is 13.8. The molecule has 1 aliphatic heterocycles. The molecule has 0 aromatic heterocycles. The molecule has 3 amide bonds. The second kappa shape index (κ2) is 11.0. The molecule has 5 nitrogen and oxygen atoms in total. The van der Waals surface area contributed by atoms with Crippen molar-refractivity contribution in [1.82, 2.24) is 10.2 Å². The molecule has 0 unspecified atom stereocenters. The minimum absolute atomic E-state index is 0.104. The van der Waals surface area contributed by atoms with E-state index in [1.165, 1.54) is 11.6 Å². The minimum atomic E-state index is -0.335. The van der Waals surface area contributed by atoms with Crippen molar-refractivity contribution in [3.63, 3.8) is 0 Å². The SMILES string of the molecule is CCc1ccc(NC(=O)N2CCC[C@@H](c3cccc(C(=O)NCc4ccccc4F)c3)C2)cc1. The van der Waals surface area contributed by atoms with Gasteiger partial charge in [0, 0.05) is 42.4 Å². The van der Waals surface area contributed by atoms with Crippen molar-refractivity contribution in [3.05, 3.63) is 101 Å². The zero-order chi connectivity index (χ0) is 23.9. The van der Waals surface area contributed by atoms with E-state index < -0.39 is 0 Å². The number of carbonyl (C=O) groups excluding carboxylic acids is 2. The van der Waals surface area contributed by atoms with Crippen molar-refractivity contribution in [2.24, 2.45) is 0 Å². The van der Waals surface area contributed by atoms with E-state index in [-0.39, 0.29) is 30.2 Å². The number of benzene rings is 3. The van der Waals surface area contributed by atoms with E-state index in [2.05, 4.69) is 17.6 Å². The summed E-state index contributed by atoms with van der Waals surface area (Å²) in [4.78, 5) is 27.4. The van der Waals surface area contributed by atoms with Gasteiger partial charge >= 0.3 is 6.03 Å². The Kier molecular flexibility index (Phi) is 7.58. The molecule has 1 heterocycles. The Morgan fingerprint density at radius 1 is 1.03 bits per heavy atom. The lowest BCUT2D eigenvalue weighted by Crippen LogP contribution is -2.41. The van der Waals surface area contributed by atoms with Crippen LogP contribution in [-0.4, -0.2) is 29.9 Å². The van der Waals surface area contributed by atoms with Crippen LogP contribution in [-0.2, 0) is 13.0 Å². The van der Waals surface area contributed by atoms with Crippen LogP contribution in [0.1, 0.15) is 52.7 Å². The third-order valence-electron chi connectivity index (χ3n) is 6.34. The molecular formula is C28H30FN3O2. The molecule has 0 bridgehead atoms. The minimum Gasteiger partial charge on any atom is -0.348 e. The van der Waals surface area contributed by atoms with E-state index >= 15 is 0 Å². The summed E-state index contributed by atoms with van der Waals surface area (Å²) in [6.07, 6.45) is 2.81. The number of urea groups is 1. The van der Waals surface area contributed by atoms with Gasteiger partial charge in [0.25, 0.3) is 5.91 Å². The molecule has 0 radical (unpaired) electrons. The summed E-state index contributed by atoms with van der Waals surface area (Å²) in [5.41, 5.74) is 4.03. The second-order valence-electron chi connectivity index (χ2n) is 8.67. The van der Waals surface area contributed by atoms with Gasteiger partial charge in [-0.15, -0.1) is 0 Å². The van der Waals surface area contributed by atoms with Crippen LogP contribution < -0.4 is 10.6 Å². The zero-order valence-corrected chi connectivity index (χ0v) is 19.4. The second-order valence-corrected chi connectivity index (χ2v) is 8.67. The van der Waals surface area contributed by atoms with Gasteiger partial charge in [-0.3, -0.25) is 4.79 Å². The highest BCUT2D eigenvalue weighted by Crippen LogP contribution is 2.28. The van der Waals surface area contributed by atoms with Crippen LogP contribution in [0.25, 0.3) is 0 Å². The quantitative estimate of drug-likeness (QED) is 0.495. The molecule has 1 fully saturated rings. The molecule has 3 aromatic rings. The first-order valence-corrected chi connectivity index (χ1v) is 11.8. The molecule has 1 aliphatic rings. The van der Waals surface area contributed by atoms with Crippen molar-refractivity contribution < 1.29 is 14.0 Å². The Morgan fingerprint density at radius 3 is 2.59 bits per heavy atom. The van der Waals surface area contributed by atoms with Crippen molar-refractivity contribution in [3.8, 4) is 0 Å². The number of likely N-dealkylation sites (tertiary alicyclic amines) is 1. The highest BCUT2D eigenvalue weighted by atomic mass is 19.1.